The van der Waals surface area contributed by atoms with Gasteiger partial charge in [-0.3, -0.25) is 4.79 Å². The molecule has 1 aliphatic carbocycles. The third kappa shape index (κ3) is 5.34. The van der Waals surface area contributed by atoms with E-state index in [0.29, 0.717) is 21.4 Å². The van der Waals surface area contributed by atoms with E-state index in [-0.39, 0.29) is 15.7 Å². The molecule has 1 fully saturated rings. The molecular weight excluding hydrogens is 539 g/mol. The fraction of sp³-hybridized carbons (Fsp3) is 0.517. The molecule has 4 rings (SSSR count). The Morgan fingerprint density at radius 2 is 1.53 bits per heavy atom. The minimum absolute atomic E-state index is 0.0758. The number of anilines is 1. The van der Waals surface area contributed by atoms with Crippen LogP contribution in [0.25, 0.3) is 5.57 Å². The van der Waals surface area contributed by atoms with E-state index in [0.717, 1.165) is 34.4 Å². The van der Waals surface area contributed by atoms with Gasteiger partial charge < -0.3 is 14.4 Å². The molecule has 0 N–H and O–H groups in total. The Morgan fingerprint density at radius 1 is 0.974 bits per heavy atom. The zero-order valence-corrected chi connectivity index (χ0v) is 25.3. The number of hydrogen-bond acceptors (Lipinski definition) is 8. The van der Waals surface area contributed by atoms with E-state index >= 15 is 0 Å². The number of fused-ring (bicyclic) bond motifs is 1. The molecule has 2 heterocycles. The maximum atomic E-state index is 13.9. The van der Waals surface area contributed by atoms with Crippen LogP contribution in [0.3, 0.4) is 0 Å². The molecule has 1 aromatic carbocycles. The van der Waals surface area contributed by atoms with Crippen LogP contribution in [0.4, 0.5) is 5.69 Å². The molecule has 0 bridgehead atoms. The van der Waals surface area contributed by atoms with Crippen LogP contribution in [-0.4, -0.2) is 42.5 Å². The molecule has 2 aliphatic heterocycles. The van der Waals surface area contributed by atoms with Gasteiger partial charge in [-0.2, -0.15) is 0 Å². The van der Waals surface area contributed by atoms with Crippen LogP contribution in [0.1, 0.15) is 75.5 Å². The molecule has 0 unspecified atom stereocenters. The molecule has 0 atom stereocenters. The first-order chi connectivity index (χ1) is 18.0. The summed E-state index contributed by atoms with van der Waals surface area (Å²) in [6.07, 6.45) is 7.58. The van der Waals surface area contributed by atoms with Gasteiger partial charge in [-0.15, -0.1) is 0 Å². The molecule has 38 heavy (non-hydrogen) atoms. The van der Waals surface area contributed by atoms with E-state index in [1.54, 1.807) is 0 Å². The summed E-state index contributed by atoms with van der Waals surface area (Å²) >= 11 is 8.44. The number of esters is 2. The normalized spacial score (nSPS) is 19.5. The smallest absolute Gasteiger partial charge is 0.346 e. The monoisotopic (exact) mass is 573 g/mol. The second-order valence-electron chi connectivity index (χ2n) is 10.6. The molecule has 1 aromatic rings. The van der Waals surface area contributed by atoms with Crippen LogP contribution in [0.5, 0.6) is 0 Å². The first kappa shape index (κ1) is 28.9. The Morgan fingerprint density at radius 3 is 2.08 bits per heavy atom. The molecule has 3 aliphatic rings. The lowest BCUT2D eigenvalue weighted by Crippen LogP contribution is -2.56. The van der Waals surface area contributed by atoms with Gasteiger partial charge in [0.1, 0.15) is 9.81 Å². The highest BCUT2D eigenvalue weighted by atomic mass is 32.2. The molecule has 1 saturated carbocycles. The molecular formula is C29H35NO5S3. The number of benzene rings is 1. The standard InChI is InChI=1S/C29H35NO5S3/c1-16-14-19-20(15-17(16)2)30(21(31)13-12-18-10-8-7-9-11-18)29(3,4)25(36)22(19)28-37-23(26(32)34-5)24(38-28)27(33)35-6/h14-15,18H,7-13H2,1-6H3. The molecule has 6 nitrogen and oxygen atoms in total. The summed E-state index contributed by atoms with van der Waals surface area (Å²) in [5.74, 6) is -0.513. The summed E-state index contributed by atoms with van der Waals surface area (Å²) in [6.45, 7) is 8.03. The molecule has 0 aromatic heterocycles. The third-order valence-corrected chi connectivity index (χ3v) is 11.0. The van der Waals surface area contributed by atoms with Crippen LogP contribution >= 0.6 is 35.7 Å². The van der Waals surface area contributed by atoms with Gasteiger partial charge in [0.15, 0.2) is 0 Å². The van der Waals surface area contributed by atoms with Crippen LogP contribution in [0.15, 0.2) is 26.2 Å². The maximum absolute atomic E-state index is 13.9. The first-order valence-corrected chi connectivity index (χ1v) is 15.1. The summed E-state index contributed by atoms with van der Waals surface area (Å²) in [6, 6.07) is 4.12. The SMILES string of the molecule is COC(=O)C1=C(C(=O)OC)SC(=C2C(=S)C(C)(C)N(C(=O)CCC3CCCCC3)c3cc(C)c(C)cc32)S1. The van der Waals surface area contributed by atoms with Crippen molar-refractivity contribution in [3.63, 3.8) is 0 Å². The van der Waals surface area contributed by atoms with Crippen molar-refractivity contribution in [3.05, 3.63) is 42.9 Å². The predicted molar refractivity (Wildman–Crippen MR) is 159 cm³/mol. The topological polar surface area (TPSA) is 72.9 Å². The number of nitrogens with zero attached hydrogens (tertiary/aromatic N) is 1. The predicted octanol–water partition coefficient (Wildman–Crippen LogP) is 6.87. The molecule has 0 radical (unpaired) electrons. The van der Waals surface area contributed by atoms with E-state index in [2.05, 4.69) is 12.1 Å². The van der Waals surface area contributed by atoms with Crippen LogP contribution < -0.4 is 4.90 Å². The fourth-order valence-corrected chi connectivity index (χ4v) is 8.47. The van der Waals surface area contributed by atoms with Crippen molar-refractivity contribution in [2.24, 2.45) is 5.92 Å². The third-order valence-electron chi connectivity index (χ3n) is 7.75. The van der Waals surface area contributed by atoms with Gasteiger partial charge in [-0.25, -0.2) is 9.59 Å². The number of thioether (sulfide) groups is 2. The molecule has 204 valence electrons. The molecule has 0 saturated heterocycles. The Bertz CT molecular complexity index is 1230. The van der Waals surface area contributed by atoms with Gasteiger partial charge in [0.05, 0.1) is 34.5 Å². The number of carbonyl (C=O) groups is 3. The Balaban J connectivity index is 1.79. The molecule has 9 heteroatoms. The highest BCUT2D eigenvalue weighted by molar-refractivity contribution is 8.29. The lowest BCUT2D eigenvalue weighted by Gasteiger charge is -2.46. The lowest BCUT2D eigenvalue weighted by atomic mass is 9.81. The van der Waals surface area contributed by atoms with E-state index in [1.807, 2.05) is 32.6 Å². The van der Waals surface area contributed by atoms with Crippen molar-refractivity contribution < 1.29 is 23.9 Å². The number of rotatable bonds is 5. The van der Waals surface area contributed by atoms with Gasteiger partial charge in [-0.05, 0) is 63.3 Å². The summed E-state index contributed by atoms with van der Waals surface area (Å²) in [7, 11) is 2.57. The summed E-state index contributed by atoms with van der Waals surface area (Å²) in [4.78, 5) is 41.8. The van der Waals surface area contributed by atoms with Crippen LogP contribution in [-0.2, 0) is 23.9 Å². The summed E-state index contributed by atoms with van der Waals surface area (Å²) in [5.41, 5.74) is 3.80. The van der Waals surface area contributed by atoms with E-state index in [4.69, 9.17) is 21.7 Å². The van der Waals surface area contributed by atoms with Crippen molar-refractivity contribution in [2.45, 2.75) is 78.2 Å². The lowest BCUT2D eigenvalue weighted by molar-refractivity contribution is -0.138. The van der Waals surface area contributed by atoms with Gasteiger partial charge in [-0.1, -0.05) is 67.8 Å². The van der Waals surface area contributed by atoms with Crippen molar-refractivity contribution in [3.8, 4) is 0 Å². The Hall–Kier alpha value is -2.10. The number of ether oxygens (including phenoxy) is 2. The van der Waals surface area contributed by atoms with Crippen molar-refractivity contribution >= 4 is 69.7 Å². The number of aryl methyl sites for hydroxylation is 2. The van der Waals surface area contributed by atoms with E-state index < -0.39 is 17.5 Å². The molecule has 0 spiro atoms. The Labute approximate surface area is 239 Å². The fourth-order valence-electron chi connectivity index (χ4n) is 5.44. The summed E-state index contributed by atoms with van der Waals surface area (Å²) < 4.78 is 10.6. The van der Waals surface area contributed by atoms with Gasteiger partial charge in [0, 0.05) is 17.6 Å². The zero-order valence-electron chi connectivity index (χ0n) is 22.9. The number of carbonyl (C=O) groups excluding carboxylic acids is 3. The van der Waals surface area contributed by atoms with E-state index in [9.17, 15) is 14.4 Å². The average Bonchev–Trinajstić information content (AvgIpc) is 3.34. The Kier molecular flexibility index (Phi) is 8.79. The number of methoxy groups -OCH3 is 2. The van der Waals surface area contributed by atoms with Crippen LogP contribution in [0.2, 0.25) is 0 Å². The highest BCUT2D eigenvalue weighted by Crippen LogP contribution is 2.56. The highest BCUT2D eigenvalue weighted by Gasteiger charge is 2.46. The van der Waals surface area contributed by atoms with Crippen molar-refractivity contribution in [1.82, 2.24) is 0 Å². The zero-order chi connectivity index (χ0) is 27.8. The average molecular weight is 574 g/mol. The van der Waals surface area contributed by atoms with E-state index in [1.165, 1.54) is 69.8 Å². The largest absolute Gasteiger partial charge is 0.465 e. The number of hydrogen-bond donors (Lipinski definition) is 0. The second-order valence-corrected chi connectivity index (χ2v) is 13.3. The molecule has 1 amide bonds. The second kappa shape index (κ2) is 11.6. The minimum atomic E-state index is -0.781. The number of thiocarbonyl (C=S) groups is 1. The van der Waals surface area contributed by atoms with Crippen molar-refractivity contribution in [1.29, 1.82) is 0 Å². The van der Waals surface area contributed by atoms with Gasteiger partial charge in [0.2, 0.25) is 5.91 Å². The number of amides is 1. The minimum Gasteiger partial charge on any atom is -0.465 e. The summed E-state index contributed by atoms with van der Waals surface area (Å²) in [5, 5.41) is 0. The van der Waals surface area contributed by atoms with Gasteiger partial charge >= 0.3 is 11.9 Å². The maximum Gasteiger partial charge on any atom is 0.346 e. The van der Waals surface area contributed by atoms with Gasteiger partial charge in [0.25, 0.3) is 0 Å². The van der Waals surface area contributed by atoms with Crippen molar-refractivity contribution in [2.75, 3.05) is 19.1 Å². The van der Waals surface area contributed by atoms with Crippen LogP contribution in [0, 0.1) is 19.8 Å². The quantitative estimate of drug-likeness (QED) is 0.215. The first-order valence-electron chi connectivity index (χ1n) is 13.0.